The van der Waals surface area contributed by atoms with Crippen LogP contribution in [-0.4, -0.2) is 53.3 Å². The van der Waals surface area contributed by atoms with E-state index in [1.165, 1.54) is 44.9 Å². The number of carbonyl (C=O) groups excluding carboxylic acids is 1. The van der Waals surface area contributed by atoms with Gasteiger partial charge in [0.2, 0.25) is 0 Å². The van der Waals surface area contributed by atoms with Crippen LogP contribution in [0.3, 0.4) is 0 Å². The van der Waals surface area contributed by atoms with Crippen molar-refractivity contribution in [1.29, 1.82) is 0 Å². The number of rotatable bonds is 2. The Morgan fingerprint density at radius 1 is 0.893 bits per heavy atom. The quantitative estimate of drug-likeness (QED) is 0.731. The van der Waals surface area contributed by atoms with Crippen molar-refractivity contribution in [3.8, 4) is 0 Å². The molecule has 28 heavy (non-hydrogen) atoms. The third-order valence-electron chi connectivity index (χ3n) is 6.87. The van der Waals surface area contributed by atoms with Crippen LogP contribution < -0.4 is 5.43 Å². The van der Waals surface area contributed by atoms with Gasteiger partial charge in [-0.1, -0.05) is 52.9 Å². The number of nitrogens with zero attached hydrogens (tertiary/aromatic N) is 2. The summed E-state index contributed by atoms with van der Waals surface area (Å²) in [6, 6.07) is 0.990. The molecule has 2 aliphatic heterocycles. The fraction of sp³-hybridized carbons (Fsp3) is 0.957. The van der Waals surface area contributed by atoms with Gasteiger partial charge in [0, 0.05) is 25.7 Å². The summed E-state index contributed by atoms with van der Waals surface area (Å²) in [5.74, 6) is 1.45. The Kier molecular flexibility index (Phi) is 6.65. The highest BCUT2D eigenvalue weighted by molar-refractivity contribution is 5.69. The zero-order valence-corrected chi connectivity index (χ0v) is 19.1. The first-order valence-corrected chi connectivity index (χ1v) is 11.6. The van der Waals surface area contributed by atoms with E-state index in [9.17, 15) is 4.79 Å². The van der Waals surface area contributed by atoms with Gasteiger partial charge in [0.15, 0.2) is 0 Å². The minimum Gasteiger partial charge on any atom is -0.444 e. The van der Waals surface area contributed by atoms with Crippen LogP contribution in [0.2, 0.25) is 0 Å². The molecule has 1 amide bonds. The molecule has 5 heteroatoms. The highest BCUT2D eigenvalue weighted by atomic mass is 16.6. The number of amides is 1. The van der Waals surface area contributed by atoms with E-state index < -0.39 is 5.60 Å². The molecule has 3 rings (SSSR count). The summed E-state index contributed by atoms with van der Waals surface area (Å²) < 4.78 is 5.52. The number of hydrazine groups is 1. The summed E-state index contributed by atoms with van der Waals surface area (Å²) >= 11 is 0. The van der Waals surface area contributed by atoms with Gasteiger partial charge >= 0.3 is 6.09 Å². The summed E-state index contributed by atoms with van der Waals surface area (Å²) in [4.78, 5) is 14.1. The second-order valence-corrected chi connectivity index (χ2v) is 11.4. The van der Waals surface area contributed by atoms with Crippen LogP contribution in [0.4, 0.5) is 4.79 Å². The lowest BCUT2D eigenvalue weighted by atomic mass is 9.71. The SMILES string of the molecule is CC(C)(C)OC(=O)N1CC(N2CC(C(C)(C)C)C(C3CCCCCCC3)N2)C1. The largest absolute Gasteiger partial charge is 0.444 e. The second kappa shape index (κ2) is 8.51. The molecule has 5 nitrogen and oxygen atoms in total. The van der Waals surface area contributed by atoms with Crippen LogP contribution in [0.15, 0.2) is 0 Å². The number of likely N-dealkylation sites (tertiary alicyclic amines) is 1. The third kappa shape index (κ3) is 5.41. The van der Waals surface area contributed by atoms with Crippen molar-refractivity contribution in [2.45, 2.75) is 104 Å². The van der Waals surface area contributed by atoms with Crippen molar-refractivity contribution in [1.82, 2.24) is 15.3 Å². The van der Waals surface area contributed by atoms with Gasteiger partial charge in [-0.2, -0.15) is 0 Å². The van der Waals surface area contributed by atoms with Crippen LogP contribution in [0.1, 0.15) is 86.5 Å². The number of hydrogen-bond acceptors (Lipinski definition) is 4. The Morgan fingerprint density at radius 3 is 2.00 bits per heavy atom. The van der Waals surface area contributed by atoms with E-state index in [-0.39, 0.29) is 6.09 Å². The van der Waals surface area contributed by atoms with Crippen LogP contribution in [0, 0.1) is 17.3 Å². The van der Waals surface area contributed by atoms with E-state index in [1.807, 2.05) is 25.7 Å². The van der Waals surface area contributed by atoms with Crippen molar-refractivity contribution < 1.29 is 9.53 Å². The number of carbonyl (C=O) groups is 1. The summed E-state index contributed by atoms with van der Waals surface area (Å²) in [6.07, 6.45) is 9.56. The molecule has 3 aliphatic rings. The van der Waals surface area contributed by atoms with E-state index >= 15 is 0 Å². The van der Waals surface area contributed by atoms with Gasteiger partial charge in [-0.25, -0.2) is 9.80 Å². The lowest BCUT2D eigenvalue weighted by Gasteiger charge is -2.44. The fourth-order valence-corrected chi connectivity index (χ4v) is 5.14. The van der Waals surface area contributed by atoms with Gasteiger partial charge in [-0.15, -0.1) is 0 Å². The second-order valence-electron chi connectivity index (χ2n) is 11.4. The molecule has 2 unspecified atom stereocenters. The monoisotopic (exact) mass is 393 g/mol. The normalized spacial score (nSPS) is 29.3. The Hall–Kier alpha value is -0.810. The van der Waals surface area contributed by atoms with Gasteiger partial charge in [-0.05, 0) is 50.9 Å². The lowest BCUT2D eigenvalue weighted by Crippen LogP contribution is -2.63. The molecule has 0 aromatic carbocycles. The number of hydrogen-bond donors (Lipinski definition) is 1. The Labute approximate surface area is 172 Å². The zero-order chi connectivity index (χ0) is 20.5. The van der Waals surface area contributed by atoms with E-state index in [0.29, 0.717) is 23.4 Å². The molecule has 1 saturated carbocycles. The lowest BCUT2D eigenvalue weighted by molar-refractivity contribution is -0.0224. The van der Waals surface area contributed by atoms with Crippen LogP contribution >= 0.6 is 0 Å². The molecule has 0 radical (unpaired) electrons. The highest BCUT2D eigenvalue weighted by Gasteiger charge is 2.47. The molecule has 0 spiro atoms. The molecule has 1 N–H and O–H groups in total. The molecule has 2 saturated heterocycles. The first kappa shape index (κ1) is 21.9. The molecule has 1 aliphatic carbocycles. The highest BCUT2D eigenvalue weighted by Crippen LogP contribution is 2.40. The Balaban J connectivity index is 1.59. The minimum absolute atomic E-state index is 0.174. The summed E-state index contributed by atoms with van der Waals surface area (Å²) in [6.45, 7) is 15.6. The molecule has 3 fully saturated rings. The standard InChI is InChI=1S/C23H43N3O2/c1-22(2,3)19-16-26(18-14-25(15-18)21(27)28-23(4,5)6)24-20(19)17-12-10-8-7-9-11-13-17/h17-20,24H,7-16H2,1-6H3. The summed E-state index contributed by atoms with van der Waals surface area (Å²) in [7, 11) is 0. The van der Waals surface area contributed by atoms with E-state index in [4.69, 9.17) is 4.74 Å². The maximum absolute atomic E-state index is 12.3. The first-order chi connectivity index (χ1) is 13.0. The molecule has 0 aromatic heterocycles. The summed E-state index contributed by atoms with van der Waals surface area (Å²) in [5.41, 5.74) is 3.80. The average Bonchev–Trinajstić information content (AvgIpc) is 2.88. The van der Waals surface area contributed by atoms with Crippen LogP contribution in [-0.2, 0) is 4.74 Å². The maximum atomic E-state index is 12.3. The van der Waals surface area contributed by atoms with Gasteiger partial charge in [0.05, 0.1) is 6.04 Å². The maximum Gasteiger partial charge on any atom is 0.410 e. The van der Waals surface area contributed by atoms with Gasteiger partial charge in [0.1, 0.15) is 5.60 Å². The molecule has 2 atom stereocenters. The fourth-order valence-electron chi connectivity index (χ4n) is 5.14. The van der Waals surface area contributed by atoms with Crippen molar-refractivity contribution >= 4 is 6.09 Å². The molecule has 0 bridgehead atoms. The molecule has 2 heterocycles. The molecular formula is C23H43N3O2. The average molecular weight is 394 g/mol. The minimum atomic E-state index is -0.422. The van der Waals surface area contributed by atoms with Crippen molar-refractivity contribution in [3.63, 3.8) is 0 Å². The molecule has 162 valence electrons. The van der Waals surface area contributed by atoms with E-state index in [0.717, 1.165) is 25.6 Å². The van der Waals surface area contributed by atoms with Crippen molar-refractivity contribution in [2.24, 2.45) is 17.3 Å². The van der Waals surface area contributed by atoms with Gasteiger partial charge in [0.25, 0.3) is 0 Å². The zero-order valence-electron chi connectivity index (χ0n) is 19.1. The van der Waals surface area contributed by atoms with Crippen LogP contribution in [0.5, 0.6) is 0 Å². The summed E-state index contributed by atoms with van der Waals surface area (Å²) in [5, 5.41) is 2.46. The third-order valence-corrected chi connectivity index (χ3v) is 6.87. The van der Waals surface area contributed by atoms with E-state index in [2.05, 4.69) is 31.2 Å². The van der Waals surface area contributed by atoms with Crippen molar-refractivity contribution in [3.05, 3.63) is 0 Å². The first-order valence-electron chi connectivity index (χ1n) is 11.6. The smallest absolute Gasteiger partial charge is 0.410 e. The predicted molar refractivity (Wildman–Crippen MR) is 114 cm³/mol. The predicted octanol–water partition coefficient (Wildman–Crippen LogP) is 4.82. The topological polar surface area (TPSA) is 44.8 Å². The van der Waals surface area contributed by atoms with Gasteiger partial charge in [-0.3, -0.25) is 5.43 Å². The Morgan fingerprint density at radius 2 is 1.46 bits per heavy atom. The molecular weight excluding hydrogens is 350 g/mol. The number of ether oxygens (including phenoxy) is 1. The van der Waals surface area contributed by atoms with Crippen LogP contribution in [0.25, 0.3) is 0 Å². The van der Waals surface area contributed by atoms with Gasteiger partial charge < -0.3 is 9.64 Å². The molecule has 0 aromatic rings. The Bertz CT molecular complexity index is 523. The van der Waals surface area contributed by atoms with E-state index in [1.54, 1.807) is 0 Å². The number of nitrogens with one attached hydrogen (secondary N) is 1. The van der Waals surface area contributed by atoms with Crippen molar-refractivity contribution in [2.75, 3.05) is 19.6 Å².